The lowest BCUT2D eigenvalue weighted by Crippen LogP contribution is -2.42. The van der Waals surface area contributed by atoms with Crippen molar-refractivity contribution in [2.45, 2.75) is 33.1 Å². The molecule has 0 fully saturated rings. The van der Waals surface area contributed by atoms with E-state index in [0.717, 1.165) is 5.56 Å². The fourth-order valence-corrected chi connectivity index (χ4v) is 1.88. The first-order valence-corrected chi connectivity index (χ1v) is 6.40. The van der Waals surface area contributed by atoms with E-state index < -0.39 is 0 Å². The van der Waals surface area contributed by atoms with Crippen LogP contribution in [0.25, 0.3) is 0 Å². The molecule has 1 aromatic rings. The van der Waals surface area contributed by atoms with Gasteiger partial charge in [-0.2, -0.15) is 0 Å². The topological polar surface area (TPSA) is 65.1 Å². The Morgan fingerprint density at radius 3 is 2.61 bits per heavy atom. The van der Waals surface area contributed by atoms with Crippen molar-refractivity contribution in [1.82, 2.24) is 10.3 Å². The molecule has 4 nitrogen and oxygen atoms in total. The maximum atomic E-state index is 12.0. The molecule has 0 aliphatic heterocycles. The third-order valence-corrected chi connectivity index (χ3v) is 3.42. The summed E-state index contributed by atoms with van der Waals surface area (Å²) in [5.74, 6) is -0.256. The zero-order valence-electron chi connectivity index (χ0n) is 11.7. The quantitative estimate of drug-likeness (QED) is 0.721. The van der Waals surface area contributed by atoms with Gasteiger partial charge in [0, 0.05) is 24.4 Å². The lowest BCUT2D eigenvalue weighted by molar-refractivity contribution is -0.127. The Morgan fingerprint density at radius 1 is 1.50 bits per heavy atom. The summed E-state index contributed by atoms with van der Waals surface area (Å²) in [6.07, 6.45) is 3.82. The van der Waals surface area contributed by atoms with Crippen LogP contribution in [0.15, 0.2) is 18.5 Å². The second-order valence-electron chi connectivity index (χ2n) is 5.73. The van der Waals surface area contributed by atoms with Crippen LogP contribution in [0.4, 0.5) is 0 Å². The van der Waals surface area contributed by atoms with Crippen molar-refractivity contribution in [3.63, 3.8) is 0 Å². The van der Waals surface area contributed by atoms with E-state index in [4.69, 9.17) is 0 Å². The molecule has 102 valence electrons. The monoisotopic (exact) mass is 252 g/mol. The molecule has 1 amide bonds. The number of aromatic nitrogens is 1. The molecule has 1 aromatic heterocycles. The van der Waals surface area contributed by atoms with E-state index in [-0.39, 0.29) is 29.8 Å². The molecule has 0 aromatic carbocycles. The van der Waals surface area contributed by atoms with Crippen molar-refractivity contribution in [2.24, 2.45) is 11.8 Å². The van der Waals surface area contributed by atoms with Gasteiger partial charge in [0.05, 0.1) is 12.5 Å². The average molecular weight is 252 g/mol. The molecular formula is C14H24N2O2. The Balaban J connectivity index is 2.57. The third-order valence-electron chi connectivity index (χ3n) is 3.42. The number of nitrogens with one attached hydrogen (secondary N) is 2. The molecule has 0 spiro atoms. The maximum absolute atomic E-state index is 12.0. The van der Waals surface area contributed by atoms with E-state index in [0.29, 0.717) is 6.54 Å². The standard InChI is InChI=1S/C14H24N2O2/c1-10(2)12(8-17)13(18)16-9-14(3,4)11-5-6-15-7-11/h5-7,10,12,15,17H,8-9H2,1-4H3,(H,16,18). The van der Waals surface area contributed by atoms with Crippen LogP contribution in [-0.4, -0.2) is 29.1 Å². The highest BCUT2D eigenvalue weighted by Crippen LogP contribution is 2.21. The number of hydrogen-bond acceptors (Lipinski definition) is 2. The zero-order chi connectivity index (χ0) is 13.8. The van der Waals surface area contributed by atoms with Crippen LogP contribution in [0, 0.1) is 11.8 Å². The smallest absolute Gasteiger partial charge is 0.225 e. The minimum atomic E-state index is -0.327. The Labute approximate surface area is 109 Å². The summed E-state index contributed by atoms with van der Waals surface area (Å²) >= 11 is 0. The van der Waals surface area contributed by atoms with Crippen LogP contribution in [0.5, 0.6) is 0 Å². The van der Waals surface area contributed by atoms with Gasteiger partial charge < -0.3 is 15.4 Å². The van der Waals surface area contributed by atoms with Crippen molar-refractivity contribution in [3.05, 3.63) is 24.0 Å². The predicted octanol–water partition coefficient (Wildman–Crippen LogP) is 1.67. The molecule has 0 bridgehead atoms. The van der Waals surface area contributed by atoms with Gasteiger partial charge in [0.2, 0.25) is 5.91 Å². The van der Waals surface area contributed by atoms with E-state index >= 15 is 0 Å². The summed E-state index contributed by atoms with van der Waals surface area (Å²) < 4.78 is 0. The van der Waals surface area contributed by atoms with Crippen LogP contribution in [0.2, 0.25) is 0 Å². The predicted molar refractivity (Wildman–Crippen MR) is 72.2 cm³/mol. The molecule has 0 aliphatic carbocycles. The van der Waals surface area contributed by atoms with Crippen LogP contribution < -0.4 is 5.32 Å². The normalized spacial score (nSPS) is 13.7. The summed E-state index contributed by atoms with van der Waals surface area (Å²) in [4.78, 5) is 15.0. The third kappa shape index (κ3) is 3.60. The molecule has 4 heteroatoms. The van der Waals surface area contributed by atoms with Crippen LogP contribution in [0.3, 0.4) is 0 Å². The van der Waals surface area contributed by atoms with Crippen LogP contribution in [0.1, 0.15) is 33.3 Å². The highest BCUT2D eigenvalue weighted by molar-refractivity contribution is 5.79. The second-order valence-corrected chi connectivity index (χ2v) is 5.73. The molecule has 18 heavy (non-hydrogen) atoms. The summed E-state index contributed by atoms with van der Waals surface area (Å²) in [7, 11) is 0. The Bertz CT molecular complexity index is 369. The molecule has 0 radical (unpaired) electrons. The minimum Gasteiger partial charge on any atom is -0.396 e. The van der Waals surface area contributed by atoms with Crippen molar-refractivity contribution in [3.8, 4) is 0 Å². The van der Waals surface area contributed by atoms with Crippen molar-refractivity contribution < 1.29 is 9.90 Å². The lowest BCUT2D eigenvalue weighted by atomic mass is 9.86. The fraction of sp³-hybridized carbons (Fsp3) is 0.643. The van der Waals surface area contributed by atoms with E-state index in [2.05, 4.69) is 24.1 Å². The van der Waals surface area contributed by atoms with Gasteiger partial charge in [0.1, 0.15) is 0 Å². The molecule has 1 atom stereocenters. The highest BCUT2D eigenvalue weighted by atomic mass is 16.3. The number of carbonyl (C=O) groups excluding carboxylic acids is 1. The number of carbonyl (C=O) groups is 1. The molecule has 0 saturated heterocycles. The van der Waals surface area contributed by atoms with Gasteiger partial charge in [-0.25, -0.2) is 0 Å². The SMILES string of the molecule is CC(C)C(CO)C(=O)NCC(C)(C)c1cc[nH]c1. The van der Waals surface area contributed by atoms with E-state index in [1.165, 1.54) is 0 Å². The maximum Gasteiger partial charge on any atom is 0.225 e. The molecule has 0 aliphatic rings. The number of rotatable bonds is 6. The summed E-state index contributed by atoms with van der Waals surface area (Å²) in [6.45, 7) is 8.51. The van der Waals surface area contributed by atoms with E-state index in [1.54, 1.807) is 0 Å². The zero-order valence-corrected chi connectivity index (χ0v) is 11.7. The van der Waals surface area contributed by atoms with Gasteiger partial charge in [0.15, 0.2) is 0 Å². The van der Waals surface area contributed by atoms with Gasteiger partial charge >= 0.3 is 0 Å². The molecule has 1 unspecified atom stereocenters. The number of aliphatic hydroxyl groups excluding tert-OH is 1. The molecular weight excluding hydrogens is 228 g/mol. The second kappa shape index (κ2) is 6.05. The number of aliphatic hydroxyl groups is 1. The number of hydrogen-bond donors (Lipinski definition) is 3. The summed E-state index contributed by atoms with van der Waals surface area (Å²) in [5.41, 5.74) is 1.04. The molecule has 3 N–H and O–H groups in total. The first-order chi connectivity index (χ1) is 8.38. The van der Waals surface area contributed by atoms with Crippen molar-refractivity contribution >= 4 is 5.91 Å². The number of amides is 1. The Morgan fingerprint density at radius 2 is 2.17 bits per heavy atom. The van der Waals surface area contributed by atoms with Gasteiger partial charge in [-0.1, -0.05) is 27.7 Å². The van der Waals surface area contributed by atoms with Gasteiger partial charge in [-0.15, -0.1) is 0 Å². The van der Waals surface area contributed by atoms with Gasteiger partial charge in [-0.3, -0.25) is 4.79 Å². The molecule has 1 heterocycles. The van der Waals surface area contributed by atoms with Crippen molar-refractivity contribution in [2.75, 3.05) is 13.2 Å². The van der Waals surface area contributed by atoms with Crippen LogP contribution >= 0.6 is 0 Å². The first-order valence-electron chi connectivity index (χ1n) is 6.40. The Hall–Kier alpha value is -1.29. The fourth-order valence-electron chi connectivity index (χ4n) is 1.88. The molecule has 1 rings (SSSR count). The minimum absolute atomic E-state index is 0.0730. The summed E-state index contributed by atoms with van der Waals surface area (Å²) in [6, 6.07) is 2.01. The van der Waals surface area contributed by atoms with E-state index in [1.807, 2.05) is 32.3 Å². The van der Waals surface area contributed by atoms with Gasteiger partial charge in [-0.05, 0) is 17.5 Å². The van der Waals surface area contributed by atoms with Crippen molar-refractivity contribution in [1.29, 1.82) is 0 Å². The van der Waals surface area contributed by atoms with Crippen LogP contribution in [-0.2, 0) is 10.2 Å². The summed E-state index contributed by atoms with van der Waals surface area (Å²) in [5, 5.41) is 12.1. The molecule has 0 saturated carbocycles. The van der Waals surface area contributed by atoms with Gasteiger partial charge in [0.25, 0.3) is 0 Å². The highest BCUT2D eigenvalue weighted by Gasteiger charge is 2.25. The first kappa shape index (κ1) is 14.8. The Kier molecular flexibility index (Phi) is 4.96. The largest absolute Gasteiger partial charge is 0.396 e. The average Bonchev–Trinajstić information content (AvgIpc) is 2.81. The number of H-pyrrole nitrogens is 1. The lowest BCUT2D eigenvalue weighted by Gasteiger charge is -2.26. The van der Waals surface area contributed by atoms with E-state index in [9.17, 15) is 9.90 Å². The number of aromatic amines is 1.